The fourth-order valence-electron chi connectivity index (χ4n) is 3.42. The van der Waals surface area contributed by atoms with E-state index in [0.717, 1.165) is 22.2 Å². The van der Waals surface area contributed by atoms with Crippen molar-refractivity contribution < 1.29 is 0 Å². The molecule has 0 spiro atoms. The molecule has 0 unspecified atom stereocenters. The van der Waals surface area contributed by atoms with Crippen LogP contribution in [0.25, 0.3) is 11.0 Å². The van der Waals surface area contributed by atoms with Crippen molar-refractivity contribution in [3.63, 3.8) is 0 Å². The van der Waals surface area contributed by atoms with Crippen LogP contribution in [0, 0.1) is 22.7 Å². The van der Waals surface area contributed by atoms with Crippen LogP contribution in [0.4, 0.5) is 0 Å². The molecule has 0 amide bonds. The standard InChI is InChI=1S/C23H16N4O/c24-13-17-5-3-7-19(11-17)15-26-21-9-1-2-10-22(21)27(23(26)28)16-20-8-4-6-18(12-20)14-25/h1-12H,15-16H2. The Kier molecular flexibility index (Phi) is 4.50. The fraction of sp³-hybridized carbons (Fsp3) is 0.0870. The molecule has 0 bridgehead atoms. The van der Waals surface area contributed by atoms with Crippen LogP contribution in [-0.4, -0.2) is 9.13 Å². The molecular formula is C23H16N4O. The Labute approximate surface area is 161 Å². The molecule has 3 aromatic carbocycles. The van der Waals surface area contributed by atoms with Crippen molar-refractivity contribution in [2.45, 2.75) is 13.1 Å². The lowest BCUT2D eigenvalue weighted by Gasteiger charge is -2.05. The predicted molar refractivity (Wildman–Crippen MR) is 107 cm³/mol. The zero-order valence-corrected chi connectivity index (χ0v) is 15.0. The lowest BCUT2D eigenvalue weighted by atomic mass is 10.1. The molecule has 28 heavy (non-hydrogen) atoms. The molecule has 0 atom stereocenters. The molecule has 0 aliphatic heterocycles. The number of hydrogen-bond acceptors (Lipinski definition) is 3. The molecule has 4 aromatic rings. The second-order valence-electron chi connectivity index (χ2n) is 6.57. The number of benzene rings is 3. The van der Waals surface area contributed by atoms with Crippen molar-refractivity contribution in [3.8, 4) is 12.1 Å². The van der Waals surface area contributed by atoms with Gasteiger partial charge in [0.1, 0.15) is 0 Å². The maximum Gasteiger partial charge on any atom is 0.329 e. The van der Waals surface area contributed by atoms with Crippen molar-refractivity contribution >= 4 is 11.0 Å². The van der Waals surface area contributed by atoms with E-state index in [1.165, 1.54) is 0 Å². The molecule has 5 heteroatoms. The monoisotopic (exact) mass is 364 g/mol. The lowest BCUT2D eigenvalue weighted by molar-refractivity contribution is 0.701. The van der Waals surface area contributed by atoms with Crippen molar-refractivity contribution in [1.82, 2.24) is 9.13 Å². The zero-order chi connectivity index (χ0) is 19.5. The molecule has 5 nitrogen and oxygen atoms in total. The number of nitriles is 2. The predicted octanol–water partition coefficient (Wildman–Crippen LogP) is 3.64. The molecule has 1 aromatic heterocycles. The number of rotatable bonds is 4. The minimum atomic E-state index is -0.120. The molecule has 0 fully saturated rings. The van der Waals surface area contributed by atoms with Crippen LogP contribution in [0.5, 0.6) is 0 Å². The third-order valence-electron chi connectivity index (χ3n) is 4.72. The summed E-state index contributed by atoms with van der Waals surface area (Å²) in [6, 6.07) is 26.5. The SMILES string of the molecule is N#Cc1cccc(Cn2c(=O)n(Cc3cccc(C#N)c3)c3ccccc32)c1. The van der Waals surface area contributed by atoms with Crippen LogP contribution in [-0.2, 0) is 13.1 Å². The van der Waals surface area contributed by atoms with Gasteiger partial charge >= 0.3 is 5.69 Å². The normalized spacial score (nSPS) is 10.5. The summed E-state index contributed by atoms with van der Waals surface area (Å²) < 4.78 is 3.44. The van der Waals surface area contributed by atoms with Crippen molar-refractivity contribution in [2.24, 2.45) is 0 Å². The van der Waals surface area contributed by atoms with E-state index in [-0.39, 0.29) is 5.69 Å². The summed E-state index contributed by atoms with van der Waals surface area (Å²) in [6.45, 7) is 0.778. The van der Waals surface area contributed by atoms with Crippen molar-refractivity contribution in [3.05, 3.63) is 106 Å². The first-order valence-corrected chi connectivity index (χ1v) is 8.86. The summed E-state index contributed by atoms with van der Waals surface area (Å²) in [6.07, 6.45) is 0. The summed E-state index contributed by atoms with van der Waals surface area (Å²) in [5.41, 5.74) is 4.50. The zero-order valence-electron chi connectivity index (χ0n) is 15.0. The van der Waals surface area contributed by atoms with Gasteiger partial charge in [-0.3, -0.25) is 9.13 Å². The van der Waals surface area contributed by atoms with Gasteiger partial charge in [0.2, 0.25) is 0 Å². The Hall–Kier alpha value is -4.09. The van der Waals surface area contributed by atoms with Crippen LogP contribution in [0.1, 0.15) is 22.3 Å². The highest BCUT2D eigenvalue weighted by molar-refractivity contribution is 5.76. The molecule has 4 rings (SSSR count). The van der Waals surface area contributed by atoms with Gasteiger partial charge in [-0.05, 0) is 47.5 Å². The van der Waals surface area contributed by atoms with Gasteiger partial charge < -0.3 is 0 Å². The first-order chi connectivity index (χ1) is 13.7. The van der Waals surface area contributed by atoms with Gasteiger partial charge in [-0.1, -0.05) is 36.4 Å². The van der Waals surface area contributed by atoms with Crippen LogP contribution in [0.2, 0.25) is 0 Å². The van der Waals surface area contributed by atoms with E-state index in [9.17, 15) is 4.79 Å². The minimum Gasteiger partial charge on any atom is -0.287 e. The third kappa shape index (κ3) is 3.18. The summed E-state index contributed by atoms with van der Waals surface area (Å²) in [7, 11) is 0. The van der Waals surface area contributed by atoms with E-state index in [2.05, 4.69) is 12.1 Å². The lowest BCUT2D eigenvalue weighted by Crippen LogP contribution is -2.25. The number of hydrogen-bond donors (Lipinski definition) is 0. The van der Waals surface area contributed by atoms with E-state index in [4.69, 9.17) is 10.5 Å². The molecule has 134 valence electrons. The van der Waals surface area contributed by atoms with Gasteiger partial charge in [0, 0.05) is 0 Å². The summed E-state index contributed by atoms with van der Waals surface area (Å²) in [4.78, 5) is 13.2. The Morgan fingerprint density at radius 3 is 1.57 bits per heavy atom. The van der Waals surface area contributed by atoms with Gasteiger partial charge in [0.25, 0.3) is 0 Å². The second kappa shape index (κ2) is 7.26. The molecule has 1 heterocycles. The van der Waals surface area contributed by atoms with E-state index in [1.807, 2.05) is 48.5 Å². The van der Waals surface area contributed by atoms with E-state index in [0.29, 0.717) is 24.2 Å². The third-order valence-corrected chi connectivity index (χ3v) is 4.72. The van der Waals surface area contributed by atoms with E-state index < -0.39 is 0 Å². The van der Waals surface area contributed by atoms with Gasteiger partial charge in [0.05, 0.1) is 47.4 Å². The van der Waals surface area contributed by atoms with Gasteiger partial charge in [-0.2, -0.15) is 10.5 Å². The Balaban J connectivity index is 1.80. The van der Waals surface area contributed by atoms with Crippen molar-refractivity contribution in [2.75, 3.05) is 0 Å². The number of aromatic nitrogens is 2. The highest BCUT2D eigenvalue weighted by Crippen LogP contribution is 2.17. The van der Waals surface area contributed by atoms with E-state index >= 15 is 0 Å². The Bertz CT molecular complexity index is 1220. The molecule has 0 radical (unpaired) electrons. The molecule has 0 N–H and O–H groups in total. The quantitative estimate of drug-likeness (QED) is 0.555. The van der Waals surface area contributed by atoms with Crippen LogP contribution >= 0.6 is 0 Å². The van der Waals surface area contributed by atoms with Gasteiger partial charge in [0.15, 0.2) is 0 Å². The minimum absolute atomic E-state index is 0.120. The second-order valence-corrected chi connectivity index (χ2v) is 6.57. The number of fused-ring (bicyclic) bond motifs is 1. The summed E-state index contributed by atoms with van der Waals surface area (Å²) >= 11 is 0. The largest absolute Gasteiger partial charge is 0.329 e. The number of nitrogens with zero attached hydrogens (tertiary/aromatic N) is 4. The van der Waals surface area contributed by atoms with Crippen LogP contribution in [0.15, 0.2) is 77.6 Å². The molecular weight excluding hydrogens is 348 g/mol. The maximum atomic E-state index is 13.2. The average Bonchev–Trinajstić information content (AvgIpc) is 3.00. The number of para-hydroxylation sites is 2. The molecule has 0 saturated heterocycles. The Morgan fingerprint density at radius 2 is 1.14 bits per heavy atom. The summed E-state index contributed by atoms with van der Waals surface area (Å²) in [5, 5.41) is 18.2. The Morgan fingerprint density at radius 1 is 0.679 bits per heavy atom. The topological polar surface area (TPSA) is 74.5 Å². The molecule has 0 saturated carbocycles. The average molecular weight is 364 g/mol. The first-order valence-electron chi connectivity index (χ1n) is 8.86. The maximum absolute atomic E-state index is 13.2. The van der Waals surface area contributed by atoms with Gasteiger partial charge in [-0.15, -0.1) is 0 Å². The smallest absolute Gasteiger partial charge is 0.287 e. The summed E-state index contributed by atoms with van der Waals surface area (Å²) in [5.74, 6) is 0. The van der Waals surface area contributed by atoms with E-state index in [1.54, 1.807) is 33.4 Å². The number of imidazole rings is 1. The molecule has 0 aliphatic rings. The van der Waals surface area contributed by atoms with Crippen LogP contribution in [0.3, 0.4) is 0 Å². The molecule has 0 aliphatic carbocycles. The highest BCUT2D eigenvalue weighted by Gasteiger charge is 2.14. The fourth-order valence-corrected chi connectivity index (χ4v) is 3.42. The van der Waals surface area contributed by atoms with Gasteiger partial charge in [-0.25, -0.2) is 4.79 Å². The van der Waals surface area contributed by atoms with Crippen LogP contribution < -0.4 is 5.69 Å². The van der Waals surface area contributed by atoms with Crippen molar-refractivity contribution in [1.29, 1.82) is 10.5 Å². The highest BCUT2D eigenvalue weighted by atomic mass is 16.1. The first kappa shape index (κ1) is 17.3.